The molecule has 1 aliphatic rings. The number of amides is 1. The van der Waals surface area contributed by atoms with Gasteiger partial charge in [-0.1, -0.05) is 0 Å². The first kappa shape index (κ1) is 15.0. The first-order valence-corrected chi connectivity index (χ1v) is 7.61. The Morgan fingerprint density at radius 2 is 2.25 bits per heavy atom. The van der Waals surface area contributed by atoms with E-state index in [1.165, 1.54) is 7.11 Å². The normalized spacial score (nSPS) is 18.4. The maximum Gasteiger partial charge on any atom is 0.315 e. The SMILES string of the molecule is COC(=O)CS[C@@H]1CCN(C(=O)c2cc(C)oc2C)C1. The van der Waals surface area contributed by atoms with Gasteiger partial charge in [-0.3, -0.25) is 9.59 Å². The molecule has 5 nitrogen and oxygen atoms in total. The molecule has 0 aliphatic carbocycles. The Labute approximate surface area is 122 Å². The molecule has 0 unspecified atom stereocenters. The first-order valence-electron chi connectivity index (χ1n) is 6.56. The molecule has 1 fully saturated rings. The predicted octanol–water partition coefficient (Wildman–Crippen LogP) is 2.02. The average Bonchev–Trinajstić information content (AvgIpc) is 3.01. The number of hydrogen-bond acceptors (Lipinski definition) is 5. The Kier molecular flexibility index (Phi) is 4.75. The lowest BCUT2D eigenvalue weighted by Crippen LogP contribution is -2.29. The van der Waals surface area contributed by atoms with Crippen LogP contribution in [0.1, 0.15) is 28.3 Å². The van der Waals surface area contributed by atoms with Crippen LogP contribution in [-0.4, -0.2) is 48.0 Å². The summed E-state index contributed by atoms with van der Waals surface area (Å²) >= 11 is 1.55. The lowest BCUT2D eigenvalue weighted by molar-refractivity contribution is -0.137. The molecule has 0 spiro atoms. The van der Waals surface area contributed by atoms with Gasteiger partial charge in [0.2, 0.25) is 0 Å². The van der Waals surface area contributed by atoms with E-state index in [-0.39, 0.29) is 11.9 Å². The minimum atomic E-state index is -0.221. The van der Waals surface area contributed by atoms with Crippen molar-refractivity contribution >= 4 is 23.6 Å². The minimum Gasteiger partial charge on any atom is -0.468 e. The molecule has 1 aromatic rings. The quantitative estimate of drug-likeness (QED) is 0.796. The van der Waals surface area contributed by atoms with Crippen molar-refractivity contribution in [3.05, 3.63) is 23.2 Å². The molecule has 0 bridgehead atoms. The number of carbonyl (C=O) groups is 2. The molecule has 110 valence electrons. The lowest BCUT2D eigenvalue weighted by atomic mass is 10.2. The summed E-state index contributed by atoms with van der Waals surface area (Å²) in [5.74, 6) is 1.55. The van der Waals surface area contributed by atoms with Crippen LogP contribution in [0.3, 0.4) is 0 Å². The van der Waals surface area contributed by atoms with E-state index in [4.69, 9.17) is 4.42 Å². The van der Waals surface area contributed by atoms with E-state index in [2.05, 4.69) is 4.74 Å². The number of thioether (sulfide) groups is 1. The number of methoxy groups -OCH3 is 1. The van der Waals surface area contributed by atoms with Crippen LogP contribution in [-0.2, 0) is 9.53 Å². The summed E-state index contributed by atoms with van der Waals surface area (Å²) in [6.45, 7) is 5.04. The van der Waals surface area contributed by atoms with Crippen molar-refractivity contribution in [1.82, 2.24) is 4.90 Å². The summed E-state index contributed by atoms with van der Waals surface area (Å²) in [6.07, 6.45) is 0.906. The molecular formula is C14H19NO4S. The molecule has 2 heterocycles. The van der Waals surface area contributed by atoms with Crippen LogP contribution in [0.15, 0.2) is 10.5 Å². The smallest absolute Gasteiger partial charge is 0.315 e. The fourth-order valence-electron chi connectivity index (χ4n) is 2.31. The fraction of sp³-hybridized carbons (Fsp3) is 0.571. The molecule has 1 atom stereocenters. The van der Waals surface area contributed by atoms with E-state index in [1.54, 1.807) is 24.8 Å². The summed E-state index contributed by atoms with van der Waals surface area (Å²) in [4.78, 5) is 25.3. The molecule has 0 aromatic carbocycles. The van der Waals surface area contributed by atoms with Crippen molar-refractivity contribution in [2.24, 2.45) is 0 Å². The zero-order valence-electron chi connectivity index (χ0n) is 12.0. The molecule has 20 heavy (non-hydrogen) atoms. The zero-order chi connectivity index (χ0) is 14.7. The average molecular weight is 297 g/mol. The second-order valence-corrected chi connectivity index (χ2v) is 6.16. The van der Waals surface area contributed by atoms with Crippen molar-refractivity contribution in [2.45, 2.75) is 25.5 Å². The maximum absolute atomic E-state index is 12.4. The summed E-state index contributed by atoms with van der Waals surface area (Å²) in [6, 6.07) is 1.78. The number of furan rings is 1. The Balaban J connectivity index is 1.91. The fourth-order valence-corrected chi connectivity index (χ4v) is 3.35. The van der Waals surface area contributed by atoms with Gasteiger partial charge in [-0.25, -0.2) is 0 Å². The van der Waals surface area contributed by atoms with Gasteiger partial charge in [0.05, 0.1) is 18.4 Å². The highest BCUT2D eigenvalue weighted by Gasteiger charge is 2.29. The molecule has 2 rings (SSSR count). The number of likely N-dealkylation sites (tertiary alicyclic amines) is 1. The topological polar surface area (TPSA) is 59.8 Å². The lowest BCUT2D eigenvalue weighted by Gasteiger charge is -2.15. The van der Waals surface area contributed by atoms with Crippen molar-refractivity contribution in [3.63, 3.8) is 0 Å². The third-order valence-corrected chi connectivity index (χ3v) is 4.63. The molecular weight excluding hydrogens is 278 g/mol. The van der Waals surface area contributed by atoms with Gasteiger partial charge in [0, 0.05) is 18.3 Å². The molecule has 6 heteroatoms. The highest BCUT2D eigenvalue weighted by molar-refractivity contribution is 8.00. The standard InChI is InChI=1S/C14H19NO4S/c1-9-6-12(10(2)19-9)14(17)15-5-4-11(7-15)20-8-13(16)18-3/h6,11H,4-5,7-8H2,1-3H3/t11-/m1/s1. The van der Waals surface area contributed by atoms with Crippen molar-refractivity contribution in [1.29, 1.82) is 0 Å². The number of rotatable bonds is 4. The van der Waals surface area contributed by atoms with Gasteiger partial charge in [-0.05, 0) is 26.3 Å². The summed E-state index contributed by atoms with van der Waals surface area (Å²) in [5, 5.41) is 0.298. The molecule has 1 aliphatic heterocycles. The molecule has 0 saturated carbocycles. The van der Waals surface area contributed by atoms with E-state index in [0.29, 0.717) is 28.9 Å². The van der Waals surface area contributed by atoms with Crippen LogP contribution in [0.25, 0.3) is 0 Å². The van der Waals surface area contributed by atoms with Gasteiger partial charge >= 0.3 is 5.97 Å². The molecule has 1 aromatic heterocycles. The van der Waals surface area contributed by atoms with Gasteiger partial charge in [-0.15, -0.1) is 11.8 Å². The third kappa shape index (κ3) is 3.36. The van der Waals surface area contributed by atoms with Gasteiger partial charge in [-0.2, -0.15) is 0 Å². The zero-order valence-corrected chi connectivity index (χ0v) is 12.8. The van der Waals surface area contributed by atoms with Crippen LogP contribution in [0, 0.1) is 13.8 Å². The predicted molar refractivity (Wildman–Crippen MR) is 77.0 cm³/mol. The summed E-state index contributed by atoms with van der Waals surface area (Å²) < 4.78 is 10.0. The molecule has 1 saturated heterocycles. The molecule has 1 amide bonds. The minimum absolute atomic E-state index is 0.0144. The largest absolute Gasteiger partial charge is 0.468 e. The Hall–Kier alpha value is -1.43. The Morgan fingerprint density at radius 1 is 1.50 bits per heavy atom. The van der Waals surface area contributed by atoms with Crippen molar-refractivity contribution < 1.29 is 18.7 Å². The first-order chi connectivity index (χ1) is 9.51. The van der Waals surface area contributed by atoms with Crippen molar-refractivity contribution in [2.75, 3.05) is 26.0 Å². The van der Waals surface area contributed by atoms with Crippen LogP contribution >= 0.6 is 11.8 Å². The number of hydrogen-bond donors (Lipinski definition) is 0. The Morgan fingerprint density at radius 3 is 2.85 bits per heavy atom. The summed E-state index contributed by atoms with van der Waals surface area (Å²) in [5.41, 5.74) is 0.640. The van der Waals surface area contributed by atoms with Gasteiger partial charge in [0.25, 0.3) is 5.91 Å². The number of esters is 1. The highest BCUT2D eigenvalue weighted by Crippen LogP contribution is 2.25. The highest BCUT2D eigenvalue weighted by atomic mass is 32.2. The van der Waals surface area contributed by atoms with Crippen molar-refractivity contribution in [3.8, 4) is 0 Å². The van der Waals surface area contributed by atoms with Crippen LogP contribution in [0.5, 0.6) is 0 Å². The summed E-state index contributed by atoms with van der Waals surface area (Å²) in [7, 11) is 1.39. The van der Waals surface area contributed by atoms with E-state index in [0.717, 1.165) is 18.7 Å². The number of aryl methyl sites for hydroxylation is 2. The second kappa shape index (κ2) is 6.35. The molecule has 0 N–H and O–H groups in total. The van der Waals surface area contributed by atoms with Crippen LogP contribution in [0.2, 0.25) is 0 Å². The van der Waals surface area contributed by atoms with Gasteiger partial charge in [0.15, 0.2) is 0 Å². The van der Waals surface area contributed by atoms with Crippen LogP contribution < -0.4 is 0 Å². The monoisotopic (exact) mass is 297 g/mol. The van der Waals surface area contributed by atoms with E-state index < -0.39 is 0 Å². The number of ether oxygens (including phenoxy) is 1. The second-order valence-electron chi connectivity index (χ2n) is 4.88. The molecule has 0 radical (unpaired) electrons. The van der Waals surface area contributed by atoms with E-state index in [9.17, 15) is 9.59 Å². The van der Waals surface area contributed by atoms with E-state index in [1.807, 2.05) is 11.8 Å². The van der Waals surface area contributed by atoms with Gasteiger partial charge in [0.1, 0.15) is 11.5 Å². The number of nitrogens with zero attached hydrogens (tertiary/aromatic N) is 1. The van der Waals surface area contributed by atoms with Crippen LogP contribution in [0.4, 0.5) is 0 Å². The Bertz CT molecular complexity index is 511. The van der Waals surface area contributed by atoms with Gasteiger partial charge < -0.3 is 14.1 Å². The third-order valence-electron chi connectivity index (χ3n) is 3.37. The maximum atomic E-state index is 12.4. The number of carbonyl (C=O) groups excluding carboxylic acids is 2. The van der Waals surface area contributed by atoms with E-state index >= 15 is 0 Å².